The van der Waals surface area contributed by atoms with Crippen LogP contribution in [0.1, 0.15) is 18.9 Å². The van der Waals surface area contributed by atoms with Crippen LogP contribution in [-0.2, 0) is 23.5 Å². The predicted molar refractivity (Wildman–Crippen MR) is 115 cm³/mol. The van der Waals surface area contributed by atoms with E-state index in [9.17, 15) is 18.5 Å². The zero-order valence-corrected chi connectivity index (χ0v) is 17.7. The molecule has 2 N–H and O–H groups in total. The Balaban J connectivity index is 1.71. The summed E-state index contributed by atoms with van der Waals surface area (Å²) in [5.41, 5.74) is 3.93. The quantitative estimate of drug-likeness (QED) is 0.504. The molecular weight excluding hydrogens is 404 g/mol. The number of hydrogen-bond donors (Lipinski definition) is 2. The van der Waals surface area contributed by atoms with Gasteiger partial charge in [0.2, 0.25) is 10.0 Å². The summed E-state index contributed by atoms with van der Waals surface area (Å²) in [6.45, 7) is 2.54. The van der Waals surface area contributed by atoms with Crippen molar-refractivity contribution >= 4 is 21.1 Å². The second-order valence-electron chi connectivity index (χ2n) is 7.07. The second-order valence-corrected chi connectivity index (χ2v) is 8.82. The summed E-state index contributed by atoms with van der Waals surface area (Å²) < 4.78 is 33.2. The highest BCUT2D eigenvalue weighted by atomic mass is 32.2. The van der Waals surface area contributed by atoms with Gasteiger partial charge in [0.1, 0.15) is 11.9 Å². The lowest BCUT2D eigenvalue weighted by molar-refractivity contribution is 0.528. The van der Waals surface area contributed by atoms with Crippen molar-refractivity contribution in [2.45, 2.75) is 25.8 Å². The van der Waals surface area contributed by atoms with Crippen molar-refractivity contribution in [2.24, 2.45) is 7.05 Å². The van der Waals surface area contributed by atoms with Crippen LogP contribution in [0.3, 0.4) is 0 Å². The first-order chi connectivity index (χ1) is 14.3. The normalized spacial score (nSPS) is 12.7. The van der Waals surface area contributed by atoms with E-state index in [-0.39, 0.29) is 12.3 Å². The van der Waals surface area contributed by atoms with Crippen LogP contribution >= 0.6 is 0 Å². The molecule has 0 aliphatic carbocycles. The van der Waals surface area contributed by atoms with Gasteiger partial charge in [0, 0.05) is 13.5 Å². The molecule has 3 aromatic rings. The van der Waals surface area contributed by atoms with Crippen molar-refractivity contribution < 1.29 is 12.8 Å². The Morgan fingerprint density at radius 1 is 1.17 bits per heavy atom. The third-order valence-corrected chi connectivity index (χ3v) is 5.94. The number of oxazole rings is 1. The lowest BCUT2D eigenvalue weighted by atomic mass is 10.0. The molecule has 0 fully saturated rings. The maximum Gasteiger partial charge on any atom is 0.419 e. The number of hydrogen-bond acceptors (Lipinski definition) is 6. The summed E-state index contributed by atoms with van der Waals surface area (Å²) in [5.74, 6) is -0.621. The van der Waals surface area contributed by atoms with Crippen molar-refractivity contribution in [2.75, 3.05) is 12.4 Å². The smallest absolute Gasteiger partial charge is 0.408 e. The number of aromatic nitrogens is 1. The first-order valence-corrected chi connectivity index (χ1v) is 11.3. The molecule has 0 radical (unpaired) electrons. The SMILES string of the molecule is CCCNCS(=O)(=O)N[C@H](C#N)Cc1ccc(-c2ccc3oc(=O)n(C)c3c2)cc1. The first-order valence-electron chi connectivity index (χ1n) is 9.62. The van der Waals surface area contributed by atoms with Crippen LogP contribution in [-0.4, -0.2) is 31.4 Å². The highest BCUT2D eigenvalue weighted by molar-refractivity contribution is 7.89. The van der Waals surface area contributed by atoms with E-state index >= 15 is 0 Å². The van der Waals surface area contributed by atoms with Gasteiger partial charge in [-0.15, -0.1) is 0 Å². The number of nitrogens with zero attached hydrogens (tertiary/aromatic N) is 2. The average molecular weight is 429 g/mol. The van der Waals surface area contributed by atoms with Crippen molar-refractivity contribution in [3.63, 3.8) is 0 Å². The van der Waals surface area contributed by atoms with Crippen LogP contribution in [0.5, 0.6) is 0 Å². The molecule has 0 spiro atoms. The Labute approximate surface area is 175 Å². The maximum absolute atomic E-state index is 12.1. The third kappa shape index (κ3) is 5.16. The Morgan fingerprint density at radius 3 is 2.53 bits per heavy atom. The van der Waals surface area contributed by atoms with Crippen LogP contribution in [0.4, 0.5) is 0 Å². The summed E-state index contributed by atoms with van der Waals surface area (Å²) >= 11 is 0. The van der Waals surface area contributed by atoms with Gasteiger partial charge in [0.15, 0.2) is 5.58 Å². The van der Waals surface area contributed by atoms with E-state index in [0.29, 0.717) is 17.6 Å². The molecule has 0 aliphatic rings. The number of aryl methyl sites for hydroxylation is 1. The Hall–Kier alpha value is -2.93. The van der Waals surface area contributed by atoms with E-state index in [2.05, 4.69) is 10.0 Å². The first kappa shape index (κ1) is 21.8. The van der Waals surface area contributed by atoms with Crippen LogP contribution in [0, 0.1) is 11.3 Å². The maximum atomic E-state index is 12.1. The lowest BCUT2D eigenvalue weighted by Gasteiger charge is -2.13. The molecule has 30 heavy (non-hydrogen) atoms. The number of rotatable bonds is 9. The molecule has 158 valence electrons. The summed E-state index contributed by atoms with van der Waals surface area (Å²) in [4.78, 5) is 11.7. The molecule has 0 aliphatic heterocycles. The van der Waals surface area contributed by atoms with Crippen LogP contribution in [0.25, 0.3) is 22.2 Å². The molecule has 3 rings (SSSR count). The van der Waals surface area contributed by atoms with Gasteiger partial charge in [0.25, 0.3) is 0 Å². The van der Waals surface area contributed by atoms with Crippen LogP contribution in [0.15, 0.2) is 51.7 Å². The number of fused-ring (bicyclic) bond motifs is 1. The fourth-order valence-electron chi connectivity index (χ4n) is 3.13. The van der Waals surface area contributed by atoms with Gasteiger partial charge < -0.3 is 9.73 Å². The minimum absolute atomic E-state index is 0.211. The lowest BCUT2D eigenvalue weighted by Crippen LogP contribution is -2.40. The minimum atomic E-state index is -3.58. The van der Waals surface area contributed by atoms with Gasteiger partial charge in [-0.3, -0.25) is 4.57 Å². The molecule has 0 bridgehead atoms. The Bertz CT molecular complexity index is 1220. The van der Waals surface area contributed by atoms with Gasteiger partial charge in [-0.25, -0.2) is 13.2 Å². The monoisotopic (exact) mass is 428 g/mol. The molecule has 9 heteroatoms. The highest BCUT2D eigenvalue weighted by Gasteiger charge is 2.17. The zero-order chi connectivity index (χ0) is 21.7. The summed E-state index contributed by atoms with van der Waals surface area (Å²) in [6, 6.07) is 14.2. The van der Waals surface area contributed by atoms with E-state index in [0.717, 1.165) is 23.1 Å². The third-order valence-electron chi connectivity index (χ3n) is 4.72. The summed E-state index contributed by atoms with van der Waals surface area (Å²) in [6.07, 6.45) is 1.09. The molecule has 0 saturated heterocycles. The van der Waals surface area contributed by atoms with Gasteiger partial charge in [-0.2, -0.15) is 9.98 Å². The molecule has 1 aromatic heterocycles. The topological polar surface area (TPSA) is 117 Å². The molecule has 2 aromatic carbocycles. The van der Waals surface area contributed by atoms with Crippen LogP contribution < -0.4 is 15.8 Å². The molecule has 0 saturated carbocycles. The second kappa shape index (κ2) is 9.26. The summed E-state index contributed by atoms with van der Waals surface area (Å²) in [5, 5.41) is 12.2. The van der Waals surface area contributed by atoms with Crippen molar-refractivity contribution in [3.05, 3.63) is 58.6 Å². The number of benzene rings is 2. The standard InChI is InChI=1S/C21H24N4O4S/c1-3-10-23-14-30(27,28)24-18(13-22)11-15-4-6-16(7-5-15)17-8-9-20-19(12-17)25(2)21(26)29-20/h4-9,12,18,23-24H,3,10-11,14H2,1-2H3/t18-/m0/s1. The van der Waals surface area contributed by atoms with Gasteiger partial charge in [-0.05, 0) is 41.8 Å². The molecule has 0 amide bonds. The molecular formula is C21H24N4O4S. The highest BCUT2D eigenvalue weighted by Crippen LogP contribution is 2.24. The number of nitrogens with one attached hydrogen (secondary N) is 2. The molecule has 1 atom stereocenters. The van der Waals surface area contributed by atoms with E-state index in [1.165, 1.54) is 4.57 Å². The van der Waals surface area contributed by atoms with E-state index in [1.54, 1.807) is 13.1 Å². The number of nitriles is 1. The number of sulfonamides is 1. The minimum Gasteiger partial charge on any atom is -0.408 e. The largest absolute Gasteiger partial charge is 0.419 e. The van der Waals surface area contributed by atoms with E-state index in [1.807, 2.05) is 49.4 Å². The fourth-order valence-corrected chi connectivity index (χ4v) is 4.20. The summed E-state index contributed by atoms with van der Waals surface area (Å²) in [7, 11) is -1.92. The molecule has 0 unspecified atom stereocenters. The van der Waals surface area contributed by atoms with Crippen molar-refractivity contribution in [1.82, 2.24) is 14.6 Å². The zero-order valence-electron chi connectivity index (χ0n) is 16.9. The predicted octanol–water partition coefficient (Wildman–Crippen LogP) is 2.11. The van der Waals surface area contributed by atoms with Crippen LogP contribution in [0.2, 0.25) is 0 Å². The van der Waals surface area contributed by atoms with Crippen molar-refractivity contribution in [3.8, 4) is 17.2 Å². The van der Waals surface area contributed by atoms with Gasteiger partial charge >= 0.3 is 5.76 Å². The van der Waals surface area contributed by atoms with Gasteiger partial charge in [0.05, 0.1) is 11.6 Å². The average Bonchev–Trinajstić information content (AvgIpc) is 3.01. The molecule has 1 heterocycles. The van der Waals surface area contributed by atoms with E-state index < -0.39 is 21.8 Å². The molecule has 8 nitrogen and oxygen atoms in total. The fraction of sp³-hybridized carbons (Fsp3) is 0.333. The van der Waals surface area contributed by atoms with E-state index in [4.69, 9.17) is 4.42 Å². The Morgan fingerprint density at radius 2 is 1.87 bits per heavy atom. The Kier molecular flexibility index (Phi) is 6.72. The van der Waals surface area contributed by atoms with Gasteiger partial charge in [-0.1, -0.05) is 37.3 Å². The van der Waals surface area contributed by atoms with Crippen molar-refractivity contribution in [1.29, 1.82) is 5.26 Å².